The summed E-state index contributed by atoms with van der Waals surface area (Å²) >= 11 is 2.78. The molecule has 0 amide bonds. The third-order valence-electron chi connectivity index (χ3n) is 2.59. The number of aromatic nitrogens is 2. The summed E-state index contributed by atoms with van der Waals surface area (Å²) in [5.41, 5.74) is 0.938. The van der Waals surface area contributed by atoms with E-state index in [-0.39, 0.29) is 11.9 Å². The Bertz CT molecular complexity index is 542. The number of aryl methyl sites for hydroxylation is 1. The summed E-state index contributed by atoms with van der Waals surface area (Å²) in [6, 6.07) is 5.43. The first-order chi connectivity index (χ1) is 8.60. The van der Waals surface area contributed by atoms with Crippen molar-refractivity contribution in [1.82, 2.24) is 15.5 Å². The van der Waals surface area contributed by atoms with E-state index in [1.165, 1.54) is 23.1 Å². The summed E-state index contributed by atoms with van der Waals surface area (Å²) in [5, 5.41) is 11.9. The van der Waals surface area contributed by atoms with Gasteiger partial charge < -0.3 is 5.32 Å². The molecule has 0 aliphatic heterocycles. The van der Waals surface area contributed by atoms with E-state index in [4.69, 9.17) is 0 Å². The van der Waals surface area contributed by atoms with E-state index in [0.29, 0.717) is 4.90 Å². The summed E-state index contributed by atoms with van der Waals surface area (Å²) in [6.07, 6.45) is 0. The fraction of sp³-hybridized carbons (Fsp3) is 0.333. The van der Waals surface area contributed by atoms with Crippen LogP contribution in [-0.4, -0.2) is 17.2 Å². The summed E-state index contributed by atoms with van der Waals surface area (Å²) < 4.78 is 14.7. The molecule has 0 aliphatic rings. The van der Waals surface area contributed by atoms with Crippen LogP contribution in [0.4, 0.5) is 4.39 Å². The largest absolute Gasteiger partial charge is 0.313 e. The van der Waals surface area contributed by atoms with Gasteiger partial charge in [-0.15, -0.1) is 10.2 Å². The van der Waals surface area contributed by atoms with Crippen LogP contribution in [-0.2, 0) is 0 Å². The highest BCUT2D eigenvalue weighted by Gasteiger charge is 2.11. The first-order valence-electron chi connectivity index (χ1n) is 5.55. The van der Waals surface area contributed by atoms with Gasteiger partial charge in [0.25, 0.3) is 0 Å². The van der Waals surface area contributed by atoms with Gasteiger partial charge in [-0.3, -0.25) is 0 Å². The number of nitrogens with one attached hydrogen (secondary N) is 1. The maximum atomic E-state index is 13.9. The predicted molar refractivity (Wildman–Crippen MR) is 72.6 cm³/mol. The van der Waals surface area contributed by atoms with Crippen LogP contribution >= 0.6 is 23.1 Å². The normalized spacial score (nSPS) is 12.7. The molecule has 96 valence electrons. The number of hydrogen-bond donors (Lipinski definition) is 1. The van der Waals surface area contributed by atoms with Crippen LogP contribution in [0.3, 0.4) is 0 Å². The second kappa shape index (κ2) is 5.77. The molecule has 1 N–H and O–H groups in total. The molecule has 0 saturated carbocycles. The average molecular weight is 283 g/mol. The molecule has 1 heterocycles. The van der Waals surface area contributed by atoms with E-state index >= 15 is 0 Å². The molecule has 0 radical (unpaired) electrons. The van der Waals surface area contributed by atoms with Gasteiger partial charge in [-0.25, -0.2) is 4.39 Å². The highest BCUT2D eigenvalue weighted by Crippen LogP contribution is 2.32. The van der Waals surface area contributed by atoms with Crippen LogP contribution in [0.15, 0.2) is 27.4 Å². The summed E-state index contributed by atoms with van der Waals surface area (Å²) in [4.78, 5) is 0.582. The van der Waals surface area contributed by atoms with Crippen LogP contribution in [0.1, 0.15) is 23.5 Å². The minimum absolute atomic E-state index is 0.141. The van der Waals surface area contributed by atoms with Gasteiger partial charge >= 0.3 is 0 Å². The first-order valence-corrected chi connectivity index (χ1v) is 7.18. The van der Waals surface area contributed by atoms with Crippen LogP contribution in [0, 0.1) is 12.7 Å². The standard InChI is InChI=1S/C12H14FN3S2/c1-7(14-3)9-4-5-11(10(13)6-9)18-12-16-15-8(2)17-12/h4-7,14H,1-3H3. The molecule has 6 heteroatoms. The summed E-state index contributed by atoms with van der Waals surface area (Å²) in [5.74, 6) is -0.215. The molecule has 18 heavy (non-hydrogen) atoms. The Balaban J connectivity index is 2.19. The number of rotatable bonds is 4. The average Bonchev–Trinajstić information content (AvgIpc) is 2.76. The van der Waals surface area contributed by atoms with Crippen molar-refractivity contribution in [3.05, 3.63) is 34.6 Å². The van der Waals surface area contributed by atoms with Crippen LogP contribution < -0.4 is 5.32 Å². The van der Waals surface area contributed by atoms with Gasteiger partial charge in [-0.2, -0.15) is 0 Å². The van der Waals surface area contributed by atoms with Gasteiger partial charge in [0.05, 0.1) is 4.90 Å². The third-order valence-corrected chi connectivity index (χ3v) is 4.53. The molecule has 0 fully saturated rings. The molecule has 1 unspecified atom stereocenters. The van der Waals surface area contributed by atoms with Crippen LogP contribution in [0.5, 0.6) is 0 Å². The number of halogens is 1. The minimum atomic E-state index is -0.215. The Morgan fingerprint density at radius 3 is 2.72 bits per heavy atom. The molecule has 1 aromatic heterocycles. The van der Waals surface area contributed by atoms with Gasteiger partial charge in [0.2, 0.25) is 0 Å². The monoisotopic (exact) mass is 283 g/mol. The zero-order valence-electron chi connectivity index (χ0n) is 10.4. The SMILES string of the molecule is CNC(C)c1ccc(Sc2nnc(C)s2)c(F)c1. The van der Waals surface area contributed by atoms with E-state index < -0.39 is 0 Å². The van der Waals surface area contributed by atoms with Gasteiger partial charge in [-0.1, -0.05) is 29.2 Å². The van der Waals surface area contributed by atoms with E-state index in [2.05, 4.69) is 15.5 Å². The van der Waals surface area contributed by atoms with E-state index in [1.807, 2.05) is 27.0 Å². The Hall–Kier alpha value is -0.980. The molecule has 0 bridgehead atoms. The maximum absolute atomic E-state index is 13.9. The van der Waals surface area contributed by atoms with Crippen molar-refractivity contribution in [2.24, 2.45) is 0 Å². The molecular formula is C12H14FN3S2. The lowest BCUT2D eigenvalue weighted by Crippen LogP contribution is -2.12. The molecular weight excluding hydrogens is 269 g/mol. The Kier molecular flexibility index (Phi) is 4.31. The lowest BCUT2D eigenvalue weighted by atomic mass is 10.1. The number of nitrogens with zero attached hydrogens (tertiary/aromatic N) is 2. The second-order valence-electron chi connectivity index (χ2n) is 3.89. The zero-order chi connectivity index (χ0) is 13.1. The summed E-state index contributed by atoms with van der Waals surface area (Å²) in [7, 11) is 1.86. The van der Waals surface area contributed by atoms with Crippen LogP contribution in [0.2, 0.25) is 0 Å². The molecule has 1 aromatic carbocycles. The van der Waals surface area contributed by atoms with Gasteiger partial charge in [0.15, 0.2) is 4.34 Å². The fourth-order valence-corrected chi connectivity index (χ4v) is 3.23. The molecule has 2 rings (SSSR count). The molecule has 3 nitrogen and oxygen atoms in total. The quantitative estimate of drug-likeness (QED) is 0.933. The van der Waals surface area contributed by atoms with Crippen molar-refractivity contribution < 1.29 is 4.39 Å². The highest BCUT2D eigenvalue weighted by atomic mass is 32.2. The highest BCUT2D eigenvalue weighted by molar-refractivity contribution is 8.01. The number of benzene rings is 1. The molecule has 2 aromatic rings. The third kappa shape index (κ3) is 3.07. The lowest BCUT2D eigenvalue weighted by Gasteiger charge is -2.11. The Morgan fingerprint density at radius 1 is 1.39 bits per heavy atom. The molecule has 0 aliphatic carbocycles. The minimum Gasteiger partial charge on any atom is -0.313 e. The van der Waals surface area contributed by atoms with Crippen molar-refractivity contribution in [2.75, 3.05) is 7.05 Å². The topological polar surface area (TPSA) is 37.8 Å². The summed E-state index contributed by atoms with van der Waals surface area (Å²) in [6.45, 7) is 3.88. The molecule has 1 atom stereocenters. The predicted octanol–water partition coefficient (Wildman–Crippen LogP) is 3.42. The lowest BCUT2D eigenvalue weighted by molar-refractivity contribution is 0.587. The van der Waals surface area contributed by atoms with Crippen molar-refractivity contribution in [2.45, 2.75) is 29.1 Å². The van der Waals surface area contributed by atoms with Gasteiger partial charge in [0, 0.05) is 6.04 Å². The first kappa shape index (κ1) is 13.5. The van der Waals surface area contributed by atoms with Crippen molar-refractivity contribution in [3.8, 4) is 0 Å². The fourth-order valence-electron chi connectivity index (χ4n) is 1.45. The molecule has 0 saturated heterocycles. The molecule has 0 spiro atoms. The van der Waals surface area contributed by atoms with Crippen molar-refractivity contribution in [3.63, 3.8) is 0 Å². The van der Waals surface area contributed by atoms with E-state index in [1.54, 1.807) is 12.1 Å². The smallest absolute Gasteiger partial charge is 0.179 e. The van der Waals surface area contributed by atoms with Gasteiger partial charge in [-0.05, 0) is 38.6 Å². The second-order valence-corrected chi connectivity index (χ2v) is 6.36. The van der Waals surface area contributed by atoms with Gasteiger partial charge in [0.1, 0.15) is 10.8 Å². The van der Waals surface area contributed by atoms with Crippen LogP contribution in [0.25, 0.3) is 0 Å². The van der Waals surface area contributed by atoms with E-state index in [0.717, 1.165) is 14.9 Å². The van der Waals surface area contributed by atoms with Crippen molar-refractivity contribution >= 4 is 23.1 Å². The Morgan fingerprint density at radius 2 is 2.17 bits per heavy atom. The zero-order valence-corrected chi connectivity index (χ0v) is 12.0. The maximum Gasteiger partial charge on any atom is 0.179 e. The van der Waals surface area contributed by atoms with Crippen molar-refractivity contribution in [1.29, 1.82) is 0 Å². The van der Waals surface area contributed by atoms with E-state index in [9.17, 15) is 4.39 Å². The Labute approximate surface area is 114 Å². The number of hydrogen-bond acceptors (Lipinski definition) is 5.